The van der Waals surface area contributed by atoms with Crippen LogP contribution in [0.3, 0.4) is 0 Å². The van der Waals surface area contributed by atoms with Crippen molar-refractivity contribution in [2.24, 2.45) is 0 Å². The van der Waals surface area contributed by atoms with Crippen LogP contribution in [-0.2, 0) is 11.3 Å². The van der Waals surface area contributed by atoms with Crippen molar-refractivity contribution in [2.45, 2.75) is 6.54 Å². The molecule has 29 heavy (non-hydrogen) atoms. The number of thiazole rings is 1. The number of carbonyl (C=O) groups is 2. The first-order chi connectivity index (χ1) is 14.1. The molecule has 0 bridgehead atoms. The van der Waals surface area contributed by atoms with E-state index in [1.807, 2.05) is 30.3 Å². The van der Waals surface area contributed by atoms with E-state index in [0.717, 1.165) is 15.2 Å². The largest absolute Gasteiger partial charge is 0.457 e. The van der Waals surface area contributed by atoms with Gasteiger partial charge in [-0.25, -0.2) is 4.98 Å². The summed E-state index contributed by atoms with van der Waals surface area (Å²) in [6.07, 6.45) is 0. The van der Waals surface area contributed by atoms with Crippen LogP contribution in [0.4, 0.5) is 0 Å². The molecule has 2 aromatic carbocycles. The molecule has 0 fully saturated rings. The number of aromatic nitrogens is 1. The van der Waals surface area contributed by atoms with E-state index >= 15 is 0 Å². The van der Waals surface area contributed by atoms with Gasteiger partial charge in [-0.15, -0.1) is 11.3 Å². The maximum atomic E-state index is 12.0. The number of halogens is 1. The standard InChI is InChI=1S/C21H16ClN3O3S/c22-14-5-3-4-13(10-14)20(27)24-12-19(26)23-11-15-8-9-17(28-15)21-25-16-6-1-2-7-18(16)29-21/h1-10H,11-12H2,(H,23,26)(H,24,27). The number of hydrogen-bond donors (Lipinski definition) is 2. The van der Waals surface area contributed by atoms with E-state index in [4.69, 9.17) is 16.0 Å². The van der Waals surface area contributed by atoms with Crippen LogP contribution in [-0.4, -0.2) is 23.3 Å². The molecule has 0 radical (unpaired) electrons. The van der Waals surface area contributed by atoms with E-state index in [1.165, 1.54) is 0 Å². The third kappa shape index (κ3) is 4.64. The molecule has 0 aliphatic heterocycles. The fourth-order valence-electron chi connectivity index (χ4n) is 2.71. The summed E-state index contributed by atoms with van der Waals surface area (Å²) in [5.74, 6) is 0.579. The van der Waals surface area contributed by atoms with Crippen molar-refractivity contribution in [3.05, 3.63) is 77.0 Å². The lowest BCUT2D eigenvalue weighted by Crippen LogP contribution is -2.36. The summed E-state index contributed by atoms with van der Waals surface area (Å²) in [5.41, 5.74) is 1.33. The molecule has 0 atom stereocenters. The number of fused-ring (bicyclic) bond motifs is 1. The molecule has 0 unspecified atom stereocenters. The molecule has 0 saturated carbocycles. The summed E-state index contributed by atoms with van der Waals surface area (Å²) in [7, 11) is 0. The Bertz CT molecular complexity index is 1150. The van der Waals surface area contributed by atoms with Gasteiger partial charge in [-0.05, 0) is 42.5 Å². The van der Waals surface area contributed by atoms with E-state index in [2.05, 4.69) is 15.6 Å². The SMILES string of the molecule is O=C(CNC(=O)c1cccc(Cl)c1)NCc1ccc(-c2nc3ccccc3s2)o1. The molecular formula is C21H16ClN3O3S. The van der Waals surface area contributed by atoms with E-state index in [1.54, 1.807) is 41.7 Å². The first kappa shape index (κ1) is 19.2. The number of nitrogens with one attached hydrogen (secondary N) is 2. The van der Waals surface area contributed by atoms with Gasteiger partial charge in [-0.1, -0.05) is 29.8 Å². The average Bonchev–Trinajstić information content (AvgIpc) is 3.37. The molecule has 8 heteroatoms. The van der Waals surface area contributed by atoms with Crippen LogP contribution in [0.15, 0.2) is 65.1 Å². The molecule has 0 aliphatic rings. The Kier molecular flexibility index (Phi) is 5.59. The van der Waals surface area contributed by atoms with Gasteiger partial charge >= 0.3 is 0 Å². The van der Waals surface area contributed by atoms with Gasteiger partial charge in [0.1, 0.15) is 5.76 Å². The summed E-state index contributed by atoms with van der Waals surface area (Å²) in [6, 6.07) is 18.0. The van der Waals surface area contributed by atoms with Gasteiger partial charge in [0.15, 0.2) is 10.8 Å². The highest BCUT2D eigenvalue weighted by Gasteiger charge is 2.12. The third-order valence-corrected chi connectivity index (χ3v) is 5.41. The predicted molar refractivity (Wildman–Crippen MR) is 113 cm³/mol. The molecule has 4 rings (SSSR count). The van der Waals surface area contributed by atoms with Gasteiger partial charge < -0.3 is 15.1 Å². The number of hydrogen-bond acceptors (Lipinski definition) is 5. The lowest BCUT2D eigenvalue weighted by atomic mass is 10.2. The fourth-order valence-corrected chi connectivity index (χ4v) is 3.82. The molecule has 146 valence electrons. The minimum atomic E-state index is -0.362. The smallest absolute Gasteiger partial charge is 0.251 e. The maximum absolute atomic E-state index is 12.0. The summed E-state index contributed by atoms with van der Waals surface area (Å²) in [5, 5.41) is 6.53. The number of furan rings is 1. The summed E-state index contributed by atoms with van der Waals surface area (Å²) in [6.45, 7) is 0.0769. The van der Waals surface area contributed by atoms with Crippen LogP contribution in [0.5, 0.6) is 0 Å². The predicted octanol–water partition coefficient (Wildman–Crippen LogP) is 4.26. The molecule has 2 aromatic heterocycles. The third-order valence-electron chi connectivity index (χ3n) is 4.12. The molecular weight excluding hydrogens is 410 g/mol. The second-order valence-electron chi connectivity index (χ2n) is 6.22. The molecule has 2 N–H and O–H groups in total. The molecule has 4 aromatic rings. The van der Waals surface area contributed by atoms with Crippen molar-refractivity contribution in [1.82, 2.24) is 15.6 Å². The van der Waals surface area contributed by atoms with Gasteiger partial charge in [0.05, 0.1) is 23.3 Å². The minimum absolute atomic E-state index is 0.142. The Hall–Kier alpha value is -3.16. The van der Waals surface area contributed by atoms with Crippen molar-refractivity contribution in [3.63, 3.8) is 0 Å². The lowest BCUT2D eigenvalue weighted by molar-refractivity contribution is -0.120. The number of carbonyl (C=O) groups excluding carboxylic acids is 2. The number of benzene rings is 2. The van der Waals surface area contributed by atoms with E-state index in [-0.39, 0.29) is 24.9 Å². The van der Waals surface area contributed by atoms with Crippen molar-refractivity contribution in [2.75, 3.05) is 6.54 Å². The highest BCUT2D eigenvalue weighted by Crippen LogP contribution is 2.31. The zero-order valence-electron chi connectivity index (χ0n) is 15.1. The zero-order chi connectivity index (χ0) is 20.2. The molecule has 0 spiro atoms. The number of amides is 2. The van der Waals surface area contributed by atoms with Crippen LogP contribution >= 0.6 is 22.9 Å². The van der Waals surface area contributed by atoms with Gasteiger partial charge in [-0.2, -0.15) is 0 Å². The van der Waals surface area contributed by atoms with Crippen molar-refractivity contribution < 1.29 is 14.0 Å². The molecule has 2 heterocycles. The fraction of sp³-hybridized carbons (Fsp3) is 0.0952. The quantitative estimate of drug-likeness (QED) is 0.483. The van der Waals surface area contributed by atoms with Crippen LogP contribution in [0.25, 0.3) is 21.0 Å². The van der Waals surface area contributed by atoms with Gasteiger partial charge in [0, 0.05) is 10.6 Å². The topological polar surface area (TPSA) is 84.2 Å². The molecule has 6 nitrogen and oxygen atoms in total. The average molecular weight is 426 g/mol. The summed E-state index contributed by atoms with van der Waals surface area (Å²) >= 11 is 7.41. The summed E-state index contributed by atoms with van der Waals surface area (Å²) < 4.78 is 6.88. The van der Waals surface area contributed by atoms with Crippen LogP contribution < -0.4 is 10.6 Å². The van der Waals surface area contributed by atoms with Crippen molar-refractivity contribution in [1.29, 1.82) is 0 Å². The Labute approximate surface area is 175 Å². The van der Waals surface area contributed by atoms with Gasteiger partial charge in [-0.3, -0.25) is 9.59 Å². The van der Waals surface area contributed by atoms with Crippen molar-refractivity contribution >= 4 is 45.0 Å². The number of para-hydroxylation sites is 1. The van der Waals surface area contributed by atoms with Gasteiger partial charge in [0.2, 0.25) is 5.91 Å². The summed E-state index contributed by atoms with van der Waals surface area (Å²) in [4.78, 5) is 28.6. The number of rotatable bonds is 6. The van der Waals surface area contributed by atoms with E-state index in [9.17, 15) is 9.59 Å². The van der Waals surface area contributed by atoms with E-state index < -0.39 is 0 Å². The minimum Gasteiger partial charge on any atom is -0.457 e. The normalized spacial score (nSPS) is 10.8. The first-order valence-electron chi connectivity index (χ1n) is 8.83. The van der Waals surface area contributed by atoms with E-state index in [0.29, 0.717) is 22.1 Å². The highest BCUT2D eigenvalue weighted by molar-refractivity contribution is 7.21. The number of nitrogens with zero attached hydrogens (tertiary/aromatic N) is 1. The monoisotopic (exact) mass is 425 g/mol. The Balaban J connectivity index is 1.30. The molecule has 0 aliphatic carbocycles. The molecule has 2 amide bonds. The Morgan fingerprint density at radius 3 is 2.72 bits per heavy atom. The molecule has 0 saturated heterocycles. The van der Waals surface area contributed by atoms with Crippen LogP contribution in [0, 0.1) is 0 Å². The lowest BCUT2D eigenvalue weighted by Gasteiger charge is -2.06. The van der Waals surface area contributed by atoms with Crippen LogP contribution in [0.1, 0.15) is 16.1 Å². The van der Waals surface area contributed by atoms with Gasteiger partial charge in [0.25, 0.3) is 5.91 Å². The maximum Gasteiger partial charge on any atom is 0.251 e. The Morgan fingerprint density at radius 2 is 1.90 bits per heavy atom. The van der Waals surface area contributed by atoms with Crippen LogP contribution in [0.2, 0.25) is 5.02 Å². The zero-order valence-corrected chi connectivity index (χ0v) is 16.7. The highest BCUT2D eigenvalue weighted by atomic mass is 35.5. The van der Waals surface area contributed by atoms with Crippen molar-refractivity contribution in [3.8, 4) is 10.8 Å². The first-order valence-corrected chi connectivity index (χ1v) is 10.0. The second-order valence-corrected chi connectivity index (χ2v) is 7.69. The Morgan fingerprint density at radius 1 is 1.03 bits per heavy atom. The second kappa shape index (κ2) is 8.46.